The zero-order valence-electron chi connectivity index (χ0n) is 15.4. The van der Waals surface area contributed by atoms with Crippen molar-refractivity contribution in [3.63, 3.8) is 0 Å². The molecule has 0 saturated heterocycles. The summed E-state index contributed by atoms with van der Waals surface area (Å²) in [7, 11) is -0.256. The number of amides is 2. The van der Waals surface area contributed by atoms with E-state index in [0.29, 0.717) is 11.4 Å². The van der Waals surface area contributed by atoms with Gasteiger partial charge in [-0.3, -0.25) is 13.8 Å². The Hall–Kier alpha value is -2.88. The van der Waals surface area contributed by atoms with Crippen LogP contribution in [0.15, 0.2) is 48.5 Å². The van der Waals surface area contributed by atoms with Gasteiger partial charge in [-0.25, -0.2) is 0 Å². The first-order valence-corrected chi connectivity index (χ1v) is 9.88. The fraction of sp³-hybridized carbons (Fsp3) is 0.263. The summed E-state index contributed by atoms with van der Waals surface area (Å²) < 4.78 is 55.0. The minimum absolute atomic E-state index is 0.141. The van der Waals surface area contributed by atoms with Crippen molar-refractivity contribution >= 4 is 28.3 Å². The Morgan fingerprint density at radius 1 is 1.03 bits per heavy atom. The highest BCUT2D eigenvalue weighted by Gasteiger charge is 2.30. The summed E-state index contributed by atoms with van der Waals surface area (Å²) in [5.74, 6) is -1.36. The van der Waals surface area contributed by atoms with Crippen LogP contribution < -0.4 is 15.4 Å². The van der Waals surface area contributed by atoms with E-state index in [4.69, 9.17) is 4.74 Å². The number of hydrogen-bond donors (Lipinski definition) is 2. The Bertz CT molecular complexity index is 886. The number of alkyl halides is 3. The van der Waals surface area contributed by atoms with E-state index in [1.54, 1.807) is 24.3 Å². The number of methoxy groups -OCH3 is 1. The number of ether oxygens (including phenoxy) is 1. The molecule has 6 nitrogen and oxygen atoms in total. The minimum Gasteiger partial charge on any atom is -0.497 e. The topological polar surface area (TPSA) is 84.5 Å². The van der Waals surface area contributed by atoms with Crippen LogP contribution in [0.2, 0.25) is 0 Å². The van der Waals surface area contributed by atoms with Gasteiger partial charge in [-0.05, 0) is 42.0 Å². The smallest absolute Gasteiger partial charge is 0.416 e. The molecule has 0 spiro atoms. The molecule has 0 fully saturated rings. The maximum absolute atomic E-state index is 12.7. The molecule has 0 aromatic heterocycles. The molecule has 29 heavy (non-hydrogen) atoms. The zero-order valence-corrected chi connectivity index (χ0v) is 16.2. The molecule has 0 aliphatic rings. The van der Waals surface area contributed by atoms with Crippen LogP contribution in [0, 0.1) is 0 Å². The third-order valence-electron chi connectivity index (χ3n) is 3.70. The number of anilines is 1. The largest absolute Gasteiger partial charge is 0.497 e. The lowest BCUT2D eigenvalue weighted by atomic mass is 10.1. The fourth-order valence-electron chi connectivity index (χ4n) is 2.32. The average molecular weight is 428 g/mol. The van der Waals surface area contributed by atoms with Crippen LogP contribution in [0.3, 0.4) is 0 Å². The molecule has 2 aromatic carbocycles. The number of carbonyl (C=O) groups is 2. The maximum atomic E-state index is 12.7. The van der Waals surface area contributed by atoms with Crippen molar-refractivity contribution in [2.75, 3.05) is 23.9 Å². The van der Waals surface area contributed by atoms with Crippen molar-refractivity contribution in [2.24, 2.45) is 0 Å². The molecule has 0 saturated carbocycles. The summed E-state index contributed by atoms with van der Waals surface area (Å²) in [6.45, 7) is -0.141. The van der Waals surface area contributed by atoms with Gasteiger partial charge in [0.15, 0.2) is 0 Å². The van der Waals surface area contributed by atoms with E-state index >= 15 is 0 Å². The zero-order chi connectivity index (χ0) is 21.4. The predicted molar refractivity (Wildman–Crippen MR) is 103 cm³/mol. The number of carbonyl (C=O) groups excluding carboxylic acids is 2. The van der Waals surface area contributed by atoms with E-state index in [-0.39, 0.29) is 17.9 Å². The lowest BCUT2D eigenvalue weighted by Gasteiger charge is -2.10. The number of benzene rings is 2. The highest BCUT2D eigenvalue weighted by Crippen LogP contribution is 2.29. The van der Waals surface area contributed by atoms with Crippen molar-refractivity contribution in [2.45, 2.75) is 12.7 Å². The Kier molecular flexibility index (Phi) is 7.77. The summed E-state index contributed by atoms with van der Waals surface area (Å²) in [5, 5.41) is 4.95. The van der Waals surface area contributed by atoms with E-state index in [1.165, 1.54) is 19.2 Å². The number of nitrogens with one attached hydrogen (secondary N) is 2. The van der Waals surface area contributed by atoms with Gasteiger partial charge in [0.05, 0.1) is 12.7 Å². The molecule has 0 radical (unpaired) electrons. The first kappa shape index (κ1) is 22.4. The third kappa shape index (κ3) is 7.57. The highest BCUT2D eigenvalue weighted by atomic mass is 32.2. The number of halogens is 3. The summed E-state index contributed by atoms with van der Waals surface area (Å²) in [6, 6.07) is 11.1. The molecule has 0 heterocycles. The maximum Gasteiger partial charge on any atom is 0.416 e. The van der Waals surface area contributed by atoms with Gasteiger partial charge in [0.2, 0.25) is 11.8 Å². The molecule has 0 bridgehead atoms. The Morgan fingerprint density at radius 2 is 1.69 bits per heavy atom. The van der Waals surface area contributed by atoms with Crippen LogP contribution in [0.5, 0.6) is 5.75 Å². The second kappa shape index (κ2) is 10.1. The van der Waals surface area contributed by atoms with Crippen molar-refractivity contribution in [3.8, 4) is 5.75 Å². The van der Waals surface area contributed by atoms with Crippen molar-refractivity contribution < 1.29 is 31.7 Å². The normalized spacial score (nSPS) is 12.1. The van der Waals surface area contributed by atoms with Gasteiger partial charge in [-0.15, -0.1) is 0 Å². The molecular formula is C19H19F3N2O4S. The number of rotatable bonds is 8. The van der Waals surface area contributed by atoms with Crippen LogP contribution in [0.25, 0.3) is 0 Å². The van der Waals surface area contributed by atoms with Crippen molar-refractivity contribution in [1.82, 2.24) is 5.32 Å². The van der Waals surface area contributed by atoms with Crippen LogP contribution >= 0.6 is 0 Å². The van der Waals surface area contributed by atoms with Crippen LogP contribution in [0.4, 0.5) is 18.9 Å². The molecule has 1 atom stereocenters. The second-order valence-corrected chi connectivity index (χ2v) is 7.44. The molecule has 10 heteroatoms. The Balaban J connectivity index is 1.78. The predicted octanol–water partition coefficient (Wildman–Crippen LogP) is 2.72. The van der Waals surface area contributed by atoms with E-state index in [2.05, 4.69) is 10.6 Å². The van der Waals surface area contributed by atoms with Gasteiger partial charge in [0.25, 0.3) is 0 Å². The van der Waals surface area contributed by atoms with Gasteiger partial charge >= 0.3 is 6.18 Å². The van der Waals surface area contributed by atoms with E-state index < -0.39 is 40.1 Å². The van der Waals surface area contributed by atoms with Gasteiger partial charge < -0.3 is 15.4 Å². The average Bonchev–Trinajstić information content (AvgIpc) is 2.66. The quantitative estimate of drug-likeness (QED) is 0.677. The first-order valence-electron chi connectivity index (χ1n) is 8.39. The molecule has 2 N–H and O–H groups in total. The Morgan fingerprint density at radius 3 is 2.31 bits per heavy atom. The van der Waals surface area contributed by atoms with Crippen LogP contribution in [-0.2, 0) is 33.1 Å². The molecule has 0 aliphatic carbocycles. The fourth-order valence-corrected chi connectivity index (χ4v) is 3.19. The SMILES string of the molecule is COc1ccc(NC(=O)C[S@@](=O)CC(=O)NCc2cccc(C(F)(F)F)c2)cc1. The highest BCUT2D eigenvalue weighted by molar-refractivity contribution is 7.86. The molecule has 2 aromatic rings. The molecule has 0 aliphatic heterocycles. The van der Waals surface area contributed by atoms with Gasteiger partial charge in [0, 0.05) is 23.0 Å². The van der Waals surface area contributed by atoms with Gasteiger partial charge in [-0.2, -0.15) is 13.2 Å². The molecule has 2 rings (SSSR count). The summed E-state index contributed by atoms with van der Waals surface area (Å²) >= 11 is 0. The third-order valence-corrected chi connectivity index (χ3v) is 4.87. The van der Waals surface area contributed by atoms with Crippen LogP contribution in [-0.4, -0.2) is 34.6 Å². The Labute approximate surface area is 167 Å². The van der Waals surface area contributed by atoms with Crippen molar-refractivity contribution in [3.05, 3.63) is 59.7 Å². The lowest BCUT2D eigenvalue weighted by molar-refractivity contribution is -0.137. The summed E-state index contributed by atoms with van der Waals surface area (Å²) in [4.78, 5) is 23.7. The van der Waals surface area contributed by atoms with Gasteiger partial charge in [0.1, 0.15) is 17.3 Å². The lowest BCUT2D eigenvalue weighted by Crippen LogP contribution is -2.31. The summed E-state index contributed by atoms with van der Waals surface area (Å²) in [6.07, 6.45) is -4.47. The number of hydrogen-bond acceptors (Lipinski definition) is 4. The van der Waals surface area contributed by atoms with E-state index in [1.807, 2.05) is 0 Å². The standard InChI is InChI=1S/C19H19F3N2O4S/c1-28-16-7-5-15(6-8-16)24-18(26)12-29(27)11-17(25)23-10-13-3-2-4-14(9-13)19(20,21)22/h2-9H,10-12H2,1H3,(H,23,25)(H,24,26)/t29-/m0/s1. The van der Waals surface area contributed by atoms with E-state index in [0.717, 1.165) is 12.1 Å². The van der Waals surface area contributed by atoms with Crippen molar-refractivity contribution in [1.29, 1.82) is 0 Å². The summed E-state index contributed by atoms with van der Waals surface area (Å²) in [5.41, 5.74) is -0.0685. The van der Waals surface area contributed by atoms with Crippen LogP contribution in [0.1, 0.15) is 11.1 Å². The molecular weight excluding hydrogens is 409 g/mol. The monoisotopic (exact) mass is 428 g/mol. The van der Waals surface area contributed by atoms with Gasteiger partial charge in [-0.1, -0.05) is 12.1 Å². The van der Waals surface area contributed by atoms with E-state index in [9.17, 15) is 27.0 Å². The molecule has 156 valence electrons. The molecule has 2 amide bonds. The first-order chi connectivity index (χ1) is 13.7. The molecule has 0 unspecified atom stereocenters. The second-order valence-electron chi connectivity index (χ2n) is 5.98. The minimum atomic E-state index is -4.47.